The fourth-order valence-corrected chi connectivity index (χ4v) is 2.70. The van der Waals surface area contributed by atoms with E-state index >= 15 is 0 Å². The maximum absolute atomic E-state index is 5.95. The van der Waals surface area contributed by atoms with E-state index in [2.05, 4.69) is 31.3 Å². The van der Waals surface area contributed by atoms with E-state index in [1.165, 1.54) is 24.8 Å². The van der Waals surface area contributed by atoms with Gasteiger partial charge in [0.25, 0.3) is 0 Å². The van der Waals surface area contributed by atoms with Gasteiger partial charge in [0.2, 0.25) is 0 Å². The Kier molecular flexibility index (Phi) is 2.72. The largest absolute Gasteiger partial charge is 0.306 e. The van der Waals surface area contributed by atoms with Crippen LogP contribution < -0.4 is 5.32 Å². The van der Waals surface area contributed by atoms with Crippen molar-refractivity contribution in [1.29, 1.82) is 0 Å². The summed E-state index contributed by atoms with van der Waals surface area (Å²) in [6, 6.07) is 9.60. The molecule has 17 heavy (non-hydrogen) atoms. The van der Waals surface area contributed by atoms with Crippen molar-refractivity contribution in [3.63, 3.8) is 0 Å². The summed E-state index contributed by atoms with van der Waals surface area (Å²) in [5.41, 5.74) is 1.90. The molecule has 1 nitrogen and oxygen atoms in total. The number of nitrogens with one attached hydrogen (secondary N) is 1. The summed E-state index contributed by atoms with van der Waals surface area (Å²) in [5.74, 6) is 0.840. The minimum absolute atomic E-state index is 0.500. The van der Waals surface area contributed by atoms with Gasteiger partial charge in [0.05, 0.1) is 0 Å². The third-order valence-electron chi connectivity index (χ3n) is 4.22. The lowest BCUT2D eigenvalue weighted by atomic mass is 10.0. The molecule has 0 saturated heterocycles. The molecule has 0 amide bonds. The van der Waals surface area contributed by atoms with Gasteiger partial charge in [-0.2, -0.15) is 0 Å². The summed E-state index contributed by atoms with van der Waals surface area (Å²) < 4.78 is 0. The highest BCUT2D eigenvalue weighted by atomic mass is 35.5. The molecule has 0 bridgehead atoms. The monoisotopic (exact) mass is 249 g/mol. The SMILES string of the molecule is CC1(C)CC1NC(c1ccc(Cl)cc1)C1CC1. The lowest BCUT2D eigenvalue weighted by Gasteiger charge is -2.20. The molecular formula is C15H20ClN. The Hall–Kier alpha value is -0.530. The lowest BCUT2D eigenvalue weighted by molar-refractivity contribution is 0.436. The van der Waals surface area contributed by atoms with E-state index in [4.69, 9.17) is 11.6 Å². The Morgan fingerprint density at radius 2 is 1.82 bits per heavy atom. The molecule has 1 aromatic carbocycles. The van der Waals surface area contributed by atoms with Gasteiger partial charge in [-0.25, -0.2) is 0 Å². The number of hydrogen-bond acceptors (Lipinski definition) is 1. The maximum Gasteiger partial charge on any atom is 0.0406 e. The van der Waals surface area contributed by atoms with Crippen LogP contribution in [0.15, 0.2) is 24.3 Å². The maximum atomic E-state index is 5.95. The molecule has 1 N–H and O–H groups in total. The van der Waals surface area contributed by atoms with E-state index < -0.39 is 0 Å². The fraction of sp³-hybridized carbons (Fsp3) is 0.600. The molecular weight excluding hydrogens is 230 g/mol. The molecule has 0 spiro atoms. The van der Waals surface area contributed by atoms with Gasteiger partial charge in [0.1, 0.15) is 0 Å². The van der Waals surface area contributed by atoms with Crippen LogP contribution in [-0.4, -0.2) is 6.04 Å². The van der Waals surface area contributed by atoms with Gasteiger partial charge >= 0.3 is 0 Å². The summed E-state index contributed by atoms with van der Waals surface area (Å²) in [7, 11) is 0. The second-order valence-corrected chi connectivity index (χ2v) is 6.72. The van der Waals surface area contributed by atoms with Crippen LogP contribution in [0.1, 0.15) is 44.7 Å². The van der Waals surface area contributed by atoms with Crippen molar-refractivity contribution in [2.75, 3.05) is 0 Å². The number of benzene rings is 1. The van der Waals surface area contributed by atoms with Gasteiger partial charge in [-0.15, -0.1) is 0 Å². The summed E-state index contributed by atoms with van der Waals surface area (Å²) in [5, 5.41) is 4.66. The van der Waals surface area contributed by atoms with E-state index in [9.17, 15) is 0 Å². The smallest absolute Gasteiger partial charge is 0.0406 e. The van der Waals surface area contributed by atoms with Gasteiger partial charge in [-0.1, -0.05) is 37.6 Å². The van der Waals surface area contributed by atoms with Gasteiger partial charge in [-0.3, -0.25) is 0 Å². The van der Waals surface area contributed by atoms with Gasteiger partial charge in [0.15, 0.2) is 0 Å². The summed E-state index contributed by atoms with van der Waals surface area (Å²) in [6.45, 7) is 4.69. The van der Waals surface area contributed by atoms with Crippen molar-refractivity contribution >= 4 is 11.6 Å². The second-order valence-electron chi connectivity index (χ2n) is 6.28. The molecule has 3 rings (SSSR count). The quantitative estimate of drug-likeness (QED) is 0.844. The summed E-state index contributed by atoms with van der Waals surface area (Å²) in [6.07, 6.45) is 4.05. The van der Waals surface area contributed by atoms with Crippen molar-refractivity contribution in [3.05, 3.63) is 34.9 Å². The van der Waals surface area contributed by atoms with Crippen LogP contribution in [0.4, 0.5) is 0 Å². The van der Waals surface area contributed by atoms with E-state index in [0.717, 1.165) is 10.9 Å². The van der Waals surface area contributed by atoms with Crippen LogP contribution in [0, 0.1) is 11.3 Å². The Morgan fingerprint density at radius 1 is 1.24 bits per heavy atom. The normalized spacial score (nSPS) is 27.8. The first-order valence-corrected chi connectivity index (χ1v) is 6.95. The zero-order valence-corrected chi connectivity index (χ0v) is 11.3. The molecule has 2 atom stereocenters. The minimum Gasteiger partial charge on any atom is -0.306 e. The summed E-state index contributed by atoms with van der Waals surface area (Å²) in [4.78, 5) is 0. The highest BCUT2D eigenvalue weighted by Gasteiger charge is 2.48. The predicted molar refractivity (Wildman–Crippen MR) is 72.2 cm³/mol. The number of rotatable bonds is 4. The average molecular weight is 250 g/mol. The standard InChI is InChI=1S/C15H20ClN/c1-15(2)9-13(15)17-14(10-3-4-10)11-5-7-12(16)8-6-11/h5-8,10,13-14,17H,3-4,9H2,1-2H3. The molecule has 1 aromatic rings. The molecule has 2 unspecified atom stereocenters. The van der Waals surface area contributed by atoms with Crippen molar-refractivity contribution in [2.45, 2.75) is 45.2 Å². The van der Waals surface area contributed by atoms with E-state index in [1.54, 1.807) is 0 Å². The van der Waals surface area contributed by atoms with Gasteiger partial charge < -0.3 is 5.32 Å². The minimum atomic E-state index is 0.500. The highest BCUT2D eigenvalue weighted by Crippen LogP contribution is 2.49. The lowest BCUT2D eigenvalue weighted by Crippen LogP contribution is -2.27. The Morgan fingerprint density at radius 3 is 2.29 bits per heavy atom. The van der Waals surface area contributed by atoms with Gasteiger partial charge in [0, 0.05) is 17.1 Å². The molecule has 2 heteroatoms. The zero-order chi connectivity index (χ0) is 12.0. The Bertz CT molecular complexity index is 405. The predicted octanol–water partition coefficient (Wildman–Crippen LogP) is 4.18. The highest BCUT2D eigenvalue weighted by molar-refractivity contribution is 6.30. The van der Waals surface area contributed by atoms with Crippen molar-refractivity contribution < 1.29 is 0 Å². The van der Waals surface area contributed by atoms with Crippen LogP contribution in [0.25, 0.3) is 0 Å². The number of halogens is 1. The first-order valence-electron chi connectivity index (χ1n) is 6.58. The van der Waals surface area contributed by atoms with E-state index in [0.29, 0.717) is 17.5 Å². The second kappa shape index (κ2) is 4.00. The van der Waals surface area contributed by atoms with Crippen LogP contribution in [0.5, 0.6) is 0 Å². The zero-order valence-electron chi connectivity index (χ0n) is 10.5. The van der Waals surface area contributed by atoms with Crippen LogP contribution in [-0.2, 0) is 0 Å². The molecule has 2 fully saturated rings. The molecule has 0 aliphatic heterocycles. The topological polar surface area (TPSA) is 12.0 Å². The van der Waals surface area contributed by atoms with Crippen LogP contribution in [0.2, 0.25) is 5.02 Å². The Labute approximate surface area is 109 Å². The fourth-order valence-electron chi connectivity index (χ4n) is 2.57. The average Bonchev–Trinajstić information content (AvgIpc) is 3.15. The van der Waals surface area contributed by atoms with E-state index in [1.807, 2.05) is 12.1 Å². The van der Waals surface area contributed by atoms with Crippen molar-refractivity contribution in [3.8, 4) is 0 Å². The molecule has 0 radical (unpaired) electrons. The third-order valence-corrected chi connectivity index (χ3v) is 4.47. The number of hydrogen-bond donors (Lipinski definition) is 1. The molecule has 0 aromatic heterocycles. The first kappa shape index (κ1) is 11.6. The van der Waals surface area contributed by atoms with Crippen LogP contribution in [0.3, 0.4) is 0 Å². The van der Waals surface area contributed by atoms with Crippen LogP contribution >= 0.6 is 11.6 Å². The van der Waals surface area contributed by atoms with Gasteiger partial charge in [-0.05, 0) is 48.3 Å². The van der Waals surface area contributed by atoms with Crippen molar-refractivity contribution in [1.82, 2.24) is 5.32 Å². The van der Waals surface area contributed by atoms with E-state index in [-0.39, 0.29) is 0 Å². The molecule has 2 saturated carbocycles. The first-order chi connectivity index (χ1) is 8.06. The Balaban J connectivity index is 1.74. The third kappa shape index (κ3) is 2.51. The molecule has 0 heterocycles. The molecule has 92 valence electrons. The summed E-state index contributed by atoms with van der Waals surface area (Å²) >= 11 is 5.95. The molecule has 2 aliphatic carbocycles. The molecule has 2 aliphatic rings. The van der Waals surface area contributed by atoms with Crippen molar-refractivity contribution in [2.24, 2.45) is 11.3 Å².